The number of amides is 1. The van der Waals surface area contributed by atoms with Gasteiger partial charge in [0.15, 0.2) is 0 Å². The Kier molecular flexibility index (Phi) is 8.47. The van der Waals surface area contributed by atoms with Crippen LogP contribution in [0.3, 0.4) is 0 Å². The zero-order valence-corrected chi connectivity index (χ0v) is 21.5. The third-order valence-electron chi connectivity index (χ3n) is 6.33. The molecule has 4 aromatic rings. The lowest BCUT2D eigenvalue weighted by Gasteiger charge is -2.25. The van der Waals surface area contributed by atoms with Crippen molar-refractivity contribution >= 4 is 32.5 Å². The first kappa shape index (κ1) is 26.2. The minimum Gasteiger partial charge on any atom is -0.497 e. The summed E-state index contributed by atoms with van der Waals surface area (Å²) in [6.45, 7) is 0.300. The van der Waals surface area contributed by atoms with Gasteiger partial charge in [-0.25, -0.2) is 13.9 Å². The number of hydroxylamine groups is 1. The quantitative estimate of drug-likeness (QED) is 0.130. The monoisotopic (exact) mass is 521 g/mol. The summed E-state index contributed by atoms with van der Waals surface area (Å²) in [5, 5.41) is 9.75. The normalized spacial score (nSPS) is 11.4. The van der Waals surface area contributed by atoms with E-state index in [1.54, 1.807) is 29.7 Å². The van der Waals surface area contributed by atoms with Crippen LogP contribution in [-0.4, -0.2) is 38.2 Å². The fourth-order valence-electron chi connectivity index (χ4n) is 4.26. The molecule has 9 heteroatoms. The van der Waals surface area contributed by atoms with Crippen LogP contribution < -0.4 is 14.5 Å². The number of carbonyl (C=O) groups is 1. The van der Waals surface area contributed by atoms with Gasteiger partial charge in [0.2, 0.25) is 5.91 Å². The van der Waals surface area contributed by atoms with E-state index >= 15 is 0 Å². The highest BCUT2D eigenvalue weighted by Crippen LogP contribution is 2.30. The molecule has 3 aromatic carbocycles. The predicted molar refractivity (Wildman–Crippen MR) is 144 cm³/mol. The van der Waals surface area contributed by atoms with Gasteiger partial charge in [0.05, 0.1) is 17.7 Å². The van der Waals surface area contributed by atoms with Gasteiger partial charge in [-0.3, -0.25) is 14.3 Å². The number of anilines is 1. The van der Waals surface area contributed by atoms with Gasteiger partial charge in [0.1, 0.15) is 5.75 Å². The first-order valence-corrected chi connectivity index (χ1v) is 13.6. The molecular formula is C28H31N3O5S. The molecule has 0 radical (unpaired) electrons. The SMILES string of the molecule is COc1ccc(S(=O)(=O)N(CCCCCCC(=O)NO)c2ccc(-c3ccc4cc[nH]c4c3)cc2)cc1. The number of fused-ring (bicyclic) bond motifs is 1. The summed E-state index contributed by atoms with van der Waals surface area (Å²) in [6.07, 6.45) is 4.89. The van der Waals surface area contributed by atoms with Gasteiger partial charge >= 0.3 is 0 Å². The highest BCUT2D eigenvalue weighted by Gasteiger charge is 2.25. The van der Waals surface area contributed by atoms with Crippen molar-refractivity contribution in [3.63, 3.8) is 0 Å². The van der Waals surface area contributed by atoms with Gasteiger partial charge in [-0.2, -0.15) is 0 Å². The zero-order chi connectivity index (χ0) is 26.3. The van der Waals surface area contributed by atoms with Crippen molar-refractivity contribution in [3.05, 3.63) is 79.0 Å². The Morgan fingerprint density at radius 3 is 2.32 bits per heavy atom. The van der Waals surface area contributed by atoms with Crippen LogP contribution in [0, 0.1) is 0 Å². The van der Waals surface area contributed by atoms with Crippen LogP contribution in [0.4, 0.5) is 5.69 Å². The van der Waals surface area contributed by atoms with E-state index in [1.165, 1.54) is 11.4 Å². The minimum atomic E-state index is -3.81. The number of unbranched alkanes of at least 4 members (excludes halogenated alkanes) is 3. The van der Waals surface area contributed by atoms with Crippen molar-refractivity contribution in [1.29, 1.82) is 0 Å². The lowest BCUT2D eigenvalue weighted by atomic mass is 10.0. The standard InChI is InChI=1S/C28H31N3O5S/c1-36-25-13-15-26(16-14-25)37(34,35)31(19-5-3-2-4-6-28(32)30-33)24-11-9-21(10-12-24)23-8-7-22-17-18-29-27(22)20-23/h7-18,20,29,33H,2-6,19H2,1H3,(H,30,32). The molecule has 0 saturated carbocycles. The van der Waals surface area contributed by atoms with Gasteiger partial charge in [-0.15, -0.1) is 0 Å². The molecule has 0 aliphatic rings. The van der Waals surface area contributed by atoms with Crippen molar-refractivity contribution < 1.29 is 23.2 Å². The summed E-state index contributed by atoms with van der Waals surface area (Å²) < 4.78 is 33.9. The molecule has 0 unspecified atom stereocenters. The number of carbonyl (C=O) groups excluding carboxylic acids is 1. The molecule has 37 heavy (non-hydrogen) atoms. The Bertz CT molecular complexity index is 1430. The number of ether oxygens (including phenoxy) is 1. The highest BCUT2D eigenvalue weighted by atomic mass is 32.2. The van der Waals surface area contributed by atoms with Crippen LogP contribution in [0.5, 0.6) is 5.75 Å². The Labute approximate surface area is 216 Å². The first-order chi connectivity index (χ1) is 17.9. The number of methoxy groups -OCH3 is 1. The molecule has 1 heterocycles. The fourth-order valence-corrected chi connectivity index (χ4v) is 5.76. The Balaban J connectivity index is 1.54. The first-order valence-electron chi connectivity index (χ1n) is 12.2. The van der Waals surface area contributed by atoms with E-state index in [2.05, 4.69) is 17.1 Å². The van der Waals surface area contributed by atoms with Crippen molar-refractivity contribution in [2.45, 2.75) is 37.0 Å². The van der Waals surface area contributed by atoms with Crippen molar-refractivity contribution in [2.24, 2.45) is 0 Å². The third-order valence-corrected chi connectivity index (χ3v) is 8.17. The molecule has 0 aliphatic carbocycles. The van der Waals surface area contributed by atoms with Gasteiger partial charge in [0, 0.05) is 24.7 Å². The summed E-state index contributed by atoms with van der Waals surface area (Å²) in [5.41, 5.74) is 5.28. The Morgan fingerprint density at radius 2 is 1.62 bits per heavy atom. The van der Waals surface area contributed by atoms with Gasteiger partial charge in [0.25, 0.3) is 10.0 Å². The molecule has 0 fully saturated rings. The summed E-state index contributed by atoms with van der Waals surface area (Å²) in [5.74, 6) is 0.167. The van der Waals surface area contributed by atoms with Crippen molar-refractivity contribution in [2.75, 3.05) is 18.0 Å². The second kappa shape index (κ2) is 11.9. The van der Waals surface area contributed by atoms with Gasteiger partial charge in [-0.05, 0) is 77.9 Å². The molecule has 0 atom stereocenters. The number of benzene rings is 3. The summed E-state index contributed by atoms with van der Waals surface area (Å²) in [4.78, 5) is 14.6. The second-order valence-electron chi connectivity index (χ2n) is 8.78. The maximum atomic E-state index is 13.7. The molecule has 3 N–H and O–H groups in total. The molecular weight excluding hydrogens is 490 g/mol. The number of aromatic nitrogens is 1. The van der Waals surface area contributed by atoms with Crippen LogP contribution in [0.1, 0.15) is 32.1 Å². The lowest BCUT2D eigenvalue weighted by Crippen LogP contribution is -2.32. The number of aromatic amines is 1. The maximum absolute atomic E-state index is 13.7. The minimum absolute atomic E-state index is 0.189. The van der Waals surface area contributed by atoms with Crippen molar-refractivity contribution in [3.8, 4) is 16.9 Å². The number of rotatable bonds is 12. The van der Waals surface area contributed by atoms with E-state index in [4.69, 9.17) is 9.94 Å². The van der Waals surface area contributed by atoms with Crippen LogP contribution in [0.2, 0.25) is 0 Å². The van der Waals surface area contributed by atoms with Crippen molar-refractivity contribution in [1.82, 2.24) is 10.5 Å². The number of nitrogens with one attached hydrogen (secondary N) is 2. The zero-order valence-electron chi connectivity index (χ0n) is 20.7. The van der Waals surface area contributed by atoms with E-state index in [9.17, 15) is 13.2 Å². The smallest absolute Gasteiger partial charge is 0.264 e. The molecule has 0 bridgehead atoms. The predicted octanol–water partition coefficient (Wildman–Crippen LogP) is 5.49. The molecule has 0 spiro atoms. The molecule has 194 valence electrons. The molecule has 8 nitrogen and oxygen atoms in total. The van der Waals surface area contributed by atoms with Crippen LogP contribution in [0.15, 0.2) is 83.9 Å². The highest BCUT2D eigenvalue weighted by molar-refractivity contribution is 7.92. The van der Waals surface area contributed by atoms with Gasteiger partial charge < -0.3 is 9.72 Å². The largest absolute Gasteiger partial charge is 0.497 e. The molecule has 0 aliphatic heterocycles. The summed E-state index contributed by atoms with van der Waals surface area (Å²) in [6, 6.07) is 22.1. The molecule has 4 rings (SSSR count). The van der Waals surface area contributed by atoms with Crippen LogP contribution in [0.25, 0.3) is 22.0 Å². The second-order valence-corrected chi connectivity index (χ2v) is 10.6. The number of hydrogen-bond acceptors (Lipinski definition) is 5. The molecule has 1 aromatic heterocycles. The molecule has 1 amide bonds. The average molecular weight is 522 g/mol. The summed E-state index contributed by atoms with van der Waals surface area (Å²) >= 11 is 0. The lowest BCUT2D eigenvalue weighted by molar-refractivity contribution is -0.129. The van der Waals surface area contributed by atoms with Gasteiger partial charge in [-0.1, -0.05) is 37.1 Å². The maximum Gasteiger partial charge on any atom is 0.264 e. The number of sulfonamides is 1. The van der Waals surface area contributed by atoms with Crippen LogP contribution >= 0.6 is 0 Å². The fraction of sp³-hybridized carbons (Fsp3) is 0.250. The molecule has 0 saturated heterocycles. The van der Waals surface area contributed by atoms with E-state index in [1.807, 2.05) is 42.6 Å². The Morgan fingerprint density at radius 1 is 0.919 bits per heavy atom. The number of nitrogens with zero attached hydrogens (tertiary/aromatic N) is 1. The van der Waals surface area contributed by atoms with E-state index in [-0.39, 0.29) is 11.3 Å². The van der Waals surface area contributed by atoms with E-state index < -0.39 is 15.9 Å². The van der Waals surface area contributed by atoms with E-state index in [0.717, 1.165) is 34.9 Å². The Hall–Kier alpha value is -3.82. The summed E-state index contributed by atoms with van der Waals surface area (Å²) in [7, 11) is -2.28. The van der Waals surface area contributed by atoms with Crippen LogP contribution in [-0.2, 0) is 14.8 Å². The topological polar surface area (TPSA) is 112 Å². The number of H-pyrrole nitrogens is 1. The third kappa shape index (κ3) is 6.31. The van der Waals surface area contributed by atoms with E-state index in [0.29, 0.717) is 30.8 Å². The average Bonchev–Trinajstić information content (AvgIpc) is 3.40. The number of hydrogen-bond donors (Lipinski definition) is 3.